The van der Waals surface area contributed by atoms with Crippen molar-refractivity contribution < 1.29 is 33.7 Å². The number of nitrogens with zero attached hydrogens (tertiary/aromatic N) is 1. The first-order chi connectivity index (χ1) is 11.3. The number of methoxy groups -OCH3 is 2. The summed E-state index contributed by atoms with van der Waals surface area (Å²) in [7, 11) is 2.36. The van der Waals surface area contributed by atoms with Crippen LogP contribution in [-0.2, 0) is 23.8 Å². The maximum Gasteiger partial charge on any atom is 0.425 e. The third-order valence-electron chi connectivity index (χ3n) is 4.66. The number of hydrogen-bond donors (Lipinski definition) is 2. The van der Waals surface area contributed by atoms with Crippen LogP contribution in [0.5, 0.6) is 0 Å². The van der Waals surface area contributed by atoms with Gasteiger partial charge in [0.15, 0.2) is 11.1 Å². The van der Waals surface area contributed by atoms with E-state index < -0.39 is 29.2 Å². The molecular formula is C15H22N2O7. The SMILES string of the molecule is CCOC(=O)C12CCCC1(O)N(NC(=O)OC)C(C)=C2C(=O)OC. The van der Waals surface area contributed by atoms with Crippen molar-refractivity contribution in [2.45, 2.75) is 38.8 Å². The van der Waals surface area contributed by atoms with Crippen molar-refractivity contribution in [2.75, 3.05) is 20.8 Å². The third-order valence-corrected chi connectivity index (χ3v) is 4.66. The van der Waals surface area contributed by atoms with E-state index in [9.17, 15) is 19.5 Å². The first-order valence-corrected chi connectivity index (χ1v) is 7.64. The Kier molecular flexibility index (Phi) is 4.75. The molecule has 2 N–H and O–H groups in total. The van der Waals surface area contributed by atoms with Crippen molar-refractivity contribution >= 4 is 18.0 Å². The second kappa shape index (κ2) is 6.31. The Morgan fingerprint density at radius 3 is 2.46 bits per heavy atom. The largest absolute Gasteiger partial charge is 0.466 e. The van der Waals surface area contributed by atoms with Gasteiger partial charge in [-0.05, 0) is 33.1 Å². The Bertz CT molecular complexity index is 603. The van der Waals surface area contributed by atoms with Gasteiger partial charge in [0.25, 0.3) is 0 Å². The monoisotopic (exact) mass is 342 g/mol. The normalized spacial score (nSPS) is 28.5. The minimum Gasteiger partial charge on any atom is -0.466 e. The zero-order chi connectivity index (χ0) is 18.1. The van der Waals surface area contributed by atoms with Crippen LogP contribution in [0.1, 0.15) is 33.1 Å². The minimum atomic E-state index is -1.83. The van der Waals surface area contributed by atoms with E-state index >= 15 is 0 Å². The first kappa shape index (κ1) is 18.1. The molecule has 2 atom stereocenters. The summed E-state index contributed by atoms with van der Waals surface area (Å²) in [6, 6.07) is 0. The van der Waals surface area contributed by atoms with Crippen LogP contribution in [0.3, 0.4) is 0 Å². The molecule has 1 fully saturated rings. The number of hydrazine groups is 1. The van der Waals surface area contributed by atoms with Crippen molar-refractivity contribution in [3.05, 3.63) is 11.3 Å². The summed E-state index contributed by atoms with van der Waals surface area (Å²) in [4.78, 5) is 36.7. The second-order valence-corrected chi connectivity index (χ2v) is 5.69. The smallest absolute Gasteiger partial charge is 0.425 e. The minimum absolute atomic E-state index is 0.0140. The maximum absolute atomic E-state index is 12.7. The zero-order valence-corrected chi connectivity index (χ0v) is 14.2. The van der Waals surface area contributed by atoms with Crippen LogP contribution in [0.15, 0.2) is 11.3 Å². The number of aliphatic hydroxyl groups is 1. The van der Waals surface area contributed by atoms with Crippen LogP contribution in [0.4, 0.5) is 4.79 Å². The molecule has 0 bridgehead atoms. The van der Waals surface area contributed by atoms with Crippen molar-refractivity contribution in [1.29, 1.82) is 0 Å². The van der Waals surface area contributed by atoms with Crippen molar-refractivity contribution in [2.24, 2.45) is 5.41 Å². The molecule has 2 rings (SSSR count). The van der Waals surface area contributed by atoms with E-state index in [1.165, 1.54) is 21.1 Å². The number of nitrogens with one attached hydrogen (secondary N) is 1. The highest BCUT2D eigenvalue weighted by atomic mass is 16.6. The quantitative estimate of drug-likeness (QED) is 0.559. The highest BCUT2D eigenvalue weighted by Crippen LogP contribution is 2.59. The molecule has 0 aromatic heterocycles. The summed E-state index contributed by atoms with van der Waals surface area (Å²) >= 11 is 0. The van der Waals surface area contributed by atoms with Crippen LogP contribution < -0.4 is 5.43 Å². The lowest BCUT2D eigenvalue weighted by molar-refractivity contribution is -0.188. The molecule has 24 heavy (non-hydrogen) atoms. The molecule has 1 heterocycles. The van der Waals surface area contributed by atoms with Crippen molar-refractivity contribution in [3.63, 3.8) is 0 Å². The number of carbonyl (C=O) groups excluding carboxylic acids is 3. The summed E-state index contributed by atoms with van der Waals surface area (Å²) in [5, 5.41) is 12.4. The average Bonchev–Trinajstić information content (AvgIpc) is 2.98. The molecule has 1 aliphatic carbocycles. The lowest BCUT2D eigenvalue weighted by atomic mass is 9.75. The van der Waals surface area contributed by atoms with Gasteiger partial charge < -0.3 is 19.3 Å². The molecule has 9 heteroatoms. The van der Waals surface area contributed by atoms with Gasteiger partial charge in [-0.1, -0.05) is 0 Å². The summed E-state index contributed by atoms with van der Waals surface area (Å²) in [6.45, 7) is 3.24. The van der Waals surface area contributed by atoms with E-state index in [2.05, 4.69) is 10.2 Å². The van der Waals surface area contributed by atoms with E-state index in [1.54, 1.807) is 6.92 Å². The average molecular weight is 342 g/mol. The number of allylic oxidation sites excluding steroid dienone is 1. The fourth-order valence-corrected chi connectivity index (χ4v) is 3.70. The highest BCUT2D eigenvalue weighted by molar-refractivity contribution is 6.01. The summed E-state index contributed by atoms with van der Waals surface area (Å²) in [5.41, 5.74) is -0.890. The van der Waals surface area contributed by atoms with Crippen LogP contribution in [0.25, 0.3) is 0 Å². The highest BCUT2D eigenvalue weighted by Gasteiger charge is 2.71. The molecule has 0 aromatic rings. The van der Waals surface area contributed by atoms with Gasteiger partial charge in [-0.25, -0.2) is 15.0 Å². The van der Waals surface area contributed by atoms with Gasteiger partial charge in [0.2, 0.25) is 0 Å². The fraction of sp³-hybridized carbons (Fsp3) is 0.667. The number of fused-ring (bicyclic) bond motifs is 1. The Morgan fingerprint density at radius 1 is 1.25 bits per heavy atom. The first-order valence-electron chi connectivity index (χ1n) is 7.64. The van der Waals surface area contributed by atoms with E-state index in [0.717, 1.165) is 5.01 Å². The molecule has 2 unspecified atom stereocenters. The Labute approximate surface area is 139 Å². The second-order valence-electron chi connectivity index (χ2n) is 5.69. The third kappa shape index (κ3) is 2.22. The van der Waals surface area contributed by atoms with E-state index in [-0.39, 0.29) is 30.7 Å². The molecule has 0 radical (unpaired) electrons. The number of hydrogen-bond acceptors (Lipinski definition) is 8. The van der Waals surface area contributed by atoms with Crippen LogP contribution in [-0.4, -0.2) is 54.7 Å². The lowest BCUT2D eigenvalue weighted by Gasteiger charge is -2.40. The summed E-state index contributed by atoms with van der Waals surface area (Å²) in [5.74, 6) is -1.48. The van der Waals surface area contributed by atoms with Gasteiger partial charge in [-0.2, -0.15) is 0 Å². The number of ether oxygens (including phenoxy) is 3. The Balaban J connectivity index is 2.63. The molecule has 134 valence electrons. The van der Waals surface area contributed by atoms with Crippen LogP contribution >= 0.6 is 0 Å². The van der Waals surface area contributed by atoms with Gasteiger partial charge in [0.1, 0.15) is 0 Å². The molecule has 9 nitrogen and oxygen atoms in total. The van der Waals surface area contributed by atoms with Crippen molar-refractivity contribution in [3.8, 4) is 0 Å². The topological polar surface area (TPSA) is 114 Å². The molecule has 1 aliphatic heterocycles. The van der Waals surface area contributed by atoms with Crippen LogP contribution in [0.2, 0.25) is 0 Å². The number of rotatable bonds is 4. The van der Waals surface area contributed by atoms with Gasteiger partial charge in [0.05, 0.1) is 26.4 Å². The number of carbonyl (C=O) groups is 3. The van der Waals surface area contributed by atoms with E-state index in [1.807, 2.05) is 0 Å². The Morgan fingerprint density at radius 2 is 1.92 bits per heavy atom. The summed E-state index contributed by atoms with van der Waals surface area (Å²) < 4.78 is 14.5. The van der Waals surface area contributed by atoms with Gasteiger partial charge in [-0.3, -0.25) is 9.80 Å². The van der Waals surface area contributed by atoms with Gasteiger partial charge >= 0.3 is 18.0 Å². The lowest BCUT2D eigenvalue weighted by Crippen LogP contribution is -2.61. The maximum atomic E-state index is 12.7. The zero-order valence-electron chi connectivity index (χ0n) is 14.2. The summed E-state index contributed by atoms with van der Waals surface area (Å²) in [6.07, 6.45) is -0.0157. The molecule has 1 amide bonds. The van der Waals surface area contributed by atoms with Crippen molar-refractivity contribution in [1.82, 2.24) is 10.4 Å². The van der Waals surface area contributed by atoms with Gasteiger partial charge in [0, 0.05) is 5.70 Å². The fourth-order valence-electron chi connectivity index (χ4n) is 3.70. The predicted octanol–water partition coefficient (Wildman–Crippen LogP) is 0.442. The van der Waals surface area contributed by atoms with E-state index in [4.69, 9.17) is 9.47 Å². The van der Waals surface area contributed by atoms with E-state index in [0.29, 0.717) is 6.42 Å². The number of esters is 2. The van der Waals surface area contributed by atoms with Gasteiger partial charge in [-0.15, -0.1) is 0 Å². The molecule has 0 spiro atoms. The predicted molar refractivity (Wildman–Crippen MR) is 80.0 cm³/mol. The molecule has 0 aromatic carbocycles. The van der Waals surface area contributed by atoms with Crippen LogP contribution in [0, 0.1) is 5.41 Å². The Hall–Kier alpha value is -2.29. The standard InChI is InChI=1S/C15H22N2O7/c1-5-24-12(19)14-7-6-8-15(14,21)17(16-13(20)23-4)9(2)10(14)11(18)22-3/h21H,5-8H2,1-4H3,(H,16,20). The number of amides is 1. The molecule has 2 aliphatic rings. The molecule has 0 saturated heterocycles. The molecular weight excluding hydrogens is 320 g/mol. The molecule has 1 saturated carbocycles.